The molecule has 6 rings (SSSR count). The smallest absolute Gasteiger partial charge is 0.256 e. The highest BCUT2D eigenvalue weighted by atomic mass is 19.1. The molecule has 2 saturated heterocycles. The Morgan fingerprint density at radius 3 is 1.56 bits per heavy atom. The molecular formula is C31H34F2N4O6. The van der Waals surface area contributed by atoms with E-state index in [0.29, 0.717) is 58.7 Å². The molecule has 2 unspecified atom stereocenters. The Morgan fingerprint density at radius 1 is 0.698 bits per heavy atom. The molecule has 0 aromatic heterocycles. The number of fused-ring (bicyclic) bond motifs is 4. The van der Waals surface area contributed by atoms with Gasteiger partial charge >= 0.3 is 0 Å². The number of benzene rings is 2. The molecule has 0 saturated carbocycles. The maximum absolute atomic E-state index is 13.9. The van der Waals surface area contributed by atoms with Gasteiger partial charge in [-0.15, -0.1) is 0 Å². The summed E-state index contributed by atoms with van der Waals surface area (Å²) in [4.78, 5) is 38.0. The molecule has 4 aliphatic heterocycles. The normalized spacial score (nSPS) is 23.7. The molecule has 2 fully saturated rings. The lowest BCUT2D eigenvalue weighted by molar-refractivity contribution is 0.0758. The number of alkyl halides is 2. The quantitative estimate of drug-likeness (QED) is 0.363. The number of nitrogens with zero attached hydrogens (tertiary/aromatic N) is 4. The van der Waals surface area contributed by atoms with E-state index in [1.54, 1.807) is 36.7 Å². The van der Waals surface area contributed by atoms with Crippen molar-refractivity contribution in [3.8, 4) is 23.0 Å². The van der Waals surface area contributed by atoms with Crippen LogP contribution in [-0.2, 0) is 0 Å². The summed E-state index contributed by atoms with van der Waals surface area (Å²) in [7, 11) is 3.01. The van der Waals surface area contributed by atoms with E-state index in [2.05, 4.69) is 9.98 Å². The Bertz CT molecular complexity index is 1360. The number of methoxy groups -OCH3 is 2. The second-order valence-corrected chi connectivity index (χ2v) is 11.1. The molecule has 0 aliphatic carbocycles. The average molecular weight is 597 g/mol. The van der Waals surface area contributed by atoms with Crippen LogP contribution in [0.5, 0.6) is 23.0 Å². The second-order valence-electron chi connectivity index (χ2n) is 11.1. The van der Waals surface area contributed by atoms with E-state index in [0.717, 1.165) is 19.3 Å². The molecule has 228 valence electrons. The van der Waals surface area contributed by atoms with Crippen molar-refractivity contribution in [2.24, 2.45) is 9.98 Å². The molecule has 4 aliphatic rings. The predicted molar refractivity (Wildman–Crippen MR) is 156 cm³/mol. The van der Waals surface area contributed by atoms with E-state index in [-0.39, 0.29) is 49.8 Å². The highest BCUT2D eigenvalue weighted by molar-refractivity contribution is 6.04. The summed E-state index contributed by atoms with van der Waals surface area (Å²) in [6, 6.07) is 5.91. The van der Waals surface area contributed by atoms with Gasteiger partial charge in [-0.1, -0.05) is 0 Å². The van der Waals surface area contributed by atoms with Crippen LogP contribution in [0.4, 0.5) is 20.2 Å². The number of hydrogen-bond donors (Lipinski definition) is 0. The number of ether oxygens (including phenoxy) is 4. The van der Waals surface area contributed by atoms with Gasteiger partial charge < -0.3 is 28.7 Å². The van der Waals surface area contributed by atoms with E-state index in [4.69, 9.17) is 18.9 Å². The zero-order valence-corrected chi connectivity index (χ0v) is 24.1. The van der Waals surface area contributed by atoms with Crippen LogP contribution in [0.1, 0.15) is 52.8 Å². The Hall–Kier alpha value is -4.22. The Kier molecular flexibility index (Phi) is 8.18. The molecule has 0 radical (unpaired) electrons. The van der Waals surface area contributed by atoms with Gasteiger partial charge in [0.25, 0.3) is 11.8 Å². The standard InChI is InChI=1S/C31H34F2N4O6/c1-40-26-10-22-24(34-14-20-8-18(32)16-36(20)30(22)38)12-28(26)42-6-4-3-5-7-43-29-13-25-23(11-27(29)41-2)31(39)37-17-19(33)9-21(37)15-35-25/h10-15,18-21H,3-9,16-17H2,1-2H3/t18?,19?,20-,21-/m0/s1. The SMILES string of the molecule is COc1cc2c(cc1OCCCCCOc1cc3c(cc1OC)C(=O)N1CC(F)C[C@H]1C=N3)N=C[C@@H]1CC(F)CN1C2=O. The van der Waals surface area contributed by atoms with E-state index in [1.807, 2.05) is 0 Å². The van der Waals surface area contributed by atoms with Crippen LogP contribution in [0.15, 0.2) is 34.3 Å². The zero-order chi connectivity index (χ0) is 30.1. The molecule has 12 heteroatoms. The highest BCUT2D eigenvalue weighted by Crippen LogP contribution is 2.40. The van der Waals surface area contributed by atoms with E-state index < -0.39 is 12.3 Å². The minimum Gasteiger partial charge on any atom is -0.493 e. The van der Waals surface area contributed by atoms with Gasteiger partial charge in [0, 0.05) is 37.4 Å². The predicted octanol–water partition coefficient (Wildman–Crippen LogP) is 4.87. The molecule has 2 aromatic rings. The molecule has 0 bridgehead atoms. The third-order valence-electron chi connectivity index (χ3n) is 8.21. The van der Waals surface area contributed by atoms with E-state index in [9.17, 15) is 18.4 Å². The van der Waals surface area contributed by atoms with Crippen molar-refractivity contribution < 1.29 is 37.3 Å². The first-order chi connectivity index (χ1) is 20.9. The van der Waals surface area contributed by atoms with Gasteiger partial charge in [0.2, 0.25) is 0 Å². The summed E-state index contributed by atoms with van der Waals surface area (Å²) in [6.45, 7) is 0.962. The molecule has 4 heterocycles. The van der Waals surface area contributed by atoms with Gasteiger partial charge in [-0.05, 0) is 31.4 Å². The maximum Gasteiger partial charge on any atom is 0.256 e. The summed E-state index contributed by atoms with van der Waals surface area (Å²) in [5, 5.41) is 0. The minimum absolute atomic E-state index is 0.0627. The largest absolute Gasteiger partial charge is 0.493 e. The fourth-order valence-corrected chi connectivity index (χ4v) is 5.96. The minimum atomic E-state index is -1.05. The summed E-state index contributed by atoms with van der Waals surface area (Å²) in [6.07, 6.45) is 3.97. The van der Waals surface area contributed by atoms with Crippen LogP contribution in [0.3, 0.4) is 0 Å². The first-order valence-electron chi connectivity index (χ1n) is 14.5. The van der Waals surface area contributed by atoms with E-state index >= 15 is 0 Å². The van der Waals surface area contributed by atoms with Gasteiger partial charge in [-0.2, -0.15) is 0 Å². The molecule has 10 nitrogen and oxygen atoms in total. The van der Waals surface area contributed by atoms with E-state index in [1.165, 1.54) is 24.0 Å². The molecule has 0 N–H and O–H groups in total. The lowest BCUT2D eigenvalue weighted by atomic mass is 10.1. The van der Waals surface area contributed by atoms with Crippen molar-refractivity contribution >= 4 is 35.6 Å². The second kappa shape index (κ2) is 12.2. The monoisotopic (exact) mass is 596 g/mol. The molecule has 0 spiro atoms. The topological polar surface area (TPSA) is 102 Å². The molecule has 2 amide bonds. The number of aliphatic imine (C=N–C) groups is 2. The summed E-state index contributed by atoms with van der Waals surface area (Å²) < 4.78 is 50.7. The molecular weight excluding hydrogens is 562 g/mol. The third-order valence-corrected chi connectivity index (χ3v) is 8.21. The number of halogens is 2. The average Bonchev–Trinajstić information content (AvgIpc) is 3.51. The maximum atomic E-state index is 13.9. The lowest BCUT2D eigenvalue weighted by Crippen LogP contribution is -2.35. The Balaban J connectivity index is 1.02. The first-order valence-corrected chi connectivity index (χ1v) is 14.5. The lowest BCUT2D eigenvalue weighted by Gasteiger charge is -2.20. The molecule has 43 heavy (non-hydrogen) atoms. The number of carbonyl (C=O) groups is 2. The fraction of sp³-hybridized carbons (Fsp3) is 0.484. The van der Waals surface area contributed by atoms with Crippen LogP contribution >= 0.6 is 0 Å². The van der Waals surface area contributed by atoms with Crippen molar-refractivity contribution in [1.82, 2.24) is 9.80 Å². The fourth-order valence-electron chi connectivity index (χ4n) is 5.96. The number of carbonyl (C=O) groups excluding carboxylic acids is 2. The molecule has 2 aromatic carbocycles. The summed E-state index contributed by atoms with van der Waals surface area (Å²) >= 11 is 0. The summed E-state index contributed by atoms with van der Waals surface area (Å²) in [5.41, 5.74) is 1.69. The number of unbranched alkanes of at least 4 members (excludes halogenated alkanes) is 2. The van der Waals surface area contributed by atoms with Crippen molar-refractivity contribution in [3.63, 3.8) is 0 Å². The number of amides is 2. The van der Waals surface area contributed by atoms with Crippen molar-refractivity contribution in [3.05, 3.63) is 35.4 Å². The van der Waals surface area contributed by atoms with Crippen LogP contribution < -0.4 is 18.9 Å². The number of hydrogen-bond acceptors (Lipinski definition) is 8. The highest BCUT2D eigenvalue weighted by Gasteiger charge is 2.39. The van der Waals surface area contributed by atoms with Crippen molar-refractivity contribution in [2.45, 2.75) is 56.5 Å². The third kappa shape index (κ3) is 5.74. The summed E-state index contributed by atoms with van der Waals surface area (Å²) in [5.74, 6) is 1.29. The van der Waals surface area contributed by atoms with Crippen LogP contribution in [0.25, 0.3) is 0 Å². The first kappa shape index (κ1) is 28.9. The van der Waals surface area contributed by atoms with Gasteiger partial charge in [-0.25, -0.2) is 8.78 Å². The Labute approximate surface area is 248 Å². The zero-order valence-electron chi connectivity index (χ0n) is 24.1. The molecule has 4 atom stereocenters. The van der Waals surface area contributed by atoms with Gasteiger partial charge in [-0.3, -0.25) is 19.6 Å². The number of rotatable bonds is 10. The van der Waals surface area contributed by atoms with Crippen LogP contribution in [-0.4, -0.2) is 99.0 Å². The van der Waals surface area contributed by atoms with Crippen LogP contribution in [0.2, 0.25) is 0 Å². The van der Waals surface area contributed by atoms with Crippen LogP contribution in [0, 0.1) is 0 Å². The van der Waals surface area contributed by atoms with Gasteiger partial charge in [0.1, 0.15) is 12.3 Å². The Morgan fingerprint density at radius 2 is 1.14 bits per heavy atom. The van der Waals surface area contributed by atoms with Crippen molar-refractivity contribution in [1.29, 1.82) is 0 Å². The van der Waals surface area contributed by atoms with Crippen molar-refractivity contribution in [2.75, 3.05) is 40.5 Å². The van der Waals surface area contributed by atoms with Gasteiger partial charge in [0.15, 0.2) is 23.0 Å². The van der Waals surface area contributed by atoms with Gasteiger partial charge in [0.05, 0.1) is 75.1 Å².